The molecule has 1 unspecified atom stereocenters. The molecule has 15 heteroatoms. The van der Waals surface area contributed by atoms with Gasteiger partial charge < -0.3 is 9.84 Å². The zero-order chi connectivity index (χ0) is 34.1. The molecule has 1 atom stereocenters. The molecule has 0 radical (unpaired) electrons. The van der Waals surface area contributed by atoms with E-state index in [1.807, 2.05) is 30.3 Å². The van der Waals surface area contributed by atoms with Crippen LogP contribution in [0.3, 0.4) is 0 Å². The van der Waals surface area contributed by atoms with Crippen molar-refractivity contribution in [3.63, 3.8) is 0 Å². The lowest BCUT2D eigenvalue weighted by atomic mass is 9.97. The van der Waals surface area contributed by atoms with Gasteiger partial charge in [-0.25, -0.2) is 22.3 Å². The van der Waals surface area contributed by atoms with Crippen LogP contribution >= 0.6 is 24.6 Å². The molecule has 10 nitrogen and oxygen atoms in total. The number of esters is 1. The second kappa shape index (κ2) is 13.3. The number of carbonyl (C=O) groups is 1. The van der Waals surface area contributed by atoms with Gasteiger partial charge in [0.25, 0.3) is 0 Å². The van der Waals surface area contributed by atoms with Crippen molar-refractivity contribution in [2.75, 3.05) is 6.26 Å². The molecule has 1 N–H and O–H groups in total. The number of rotatable bonds is 11. The van der Waals surface area contributed by atoms with E-state index < -0.39 is 53.1 Å². The zero-order valence-corrected chi connectivity index (χ0v) is 28.4. The lowest BCUT2D eigenvalue weighted by molar-refractivity contribution is -0.397. The van der Waals surface area contributed by atoms with Crippen molar-refractivity contribution >= 4 is 40.4 Å². The van der Waals surface area contributed by atoms with Crippen molar-refractivity contribution in [1.82, 2.24) is 9.13 Å². The van der Waals surface area contributed by atoms with Crippen molar-refractivity contribution in [2.45, 2.75) is 50.7 Å². The Labute approximate surface area is 273 Å². The summed E-state index contributed by atoms with van der Waals surface area (Å²) in [6.07, 6.45) is 2.71. The number of carbonyl (C=O) groups excluding carboxylic acids is 1. The minimum atomic E-state index is -4.41. The second-order valence-corrected chi connectivity index (χ2v) is 14.8. The number of hydrogen-bond acceptors (Lipinski definition) is 8. The van der Waals surface area contributed by atoms with Gasteiger partial charge in [0.15, 0.2) is 9.84 Å². The maximum Gasteiger partial charge on any atom is 0.409 e. The normalized spacial score (nSPS) is 13.8. The lowest BCUT2D eigenvalue weighted by Crippen LogP contribution is -2.52. The van der Waals surface area contributed by atoms with Gasteiger partial charge in [0.2, 0.25) is 0 Å². The molecule has 46 heavy (non-hydrogen) atoms. The van der Waals surface area contributed by atoms with Crippen LogP contribution < -0.4 is 5.69 Å². The standard InChI is InChI=1S/C31H30BrF2N2O8PS/c1-29(2,3)27(37)43-31(39,44-45-40)30(33,34)24-15-10-21(16-25(24)32)18-36-26(22-11-13-23(14-12-22)46(4,41)42)19-35(28(36)38)17-20-8-6-5-7-9-20/h5-16,19,39H,17-18H2,1-4H3. The predicted octanol–water partition coefficient (Wildman–Crippen LogP) is 6.13. The highest BCUT2D eigenvalue weighted by atomic mass is 79.9. The second-order valence-electron chi connectivity index (χ2n) is 11.6. The molecular weight excluding hydrogens is 709 g/mol. The van der Waals surface area contributed by atoms with Gasteiger partial charge >= 0.3 is 32.2 Å². The molecule has 0 saturated carbocycles. The Morgan fingerprint density at radius 2 is 1.61 bits per heavy atom. The summed E-state index contributed by atoms with van der Waals surface area (Å²) in [6.45, 7) is 4.26. The van der Waals surface area contributed by atoms with Crippen molar-refractivity contribution in [3.05, 3.63) is 111 Å². The van der Waals surface area contributed by atoms with E-state index in [0.717, 1.165) is 17.9 Å². The molecule has 3 aromatic carbocycles. The highest BCUT2D eigenvalue weighted by molar-refractivity contribution is 9.10. The number of benzene rings is 3. The Morgan fingerprint density at radius 3 is 2.15 bits per heavy atom. The number of imidazole rings is 1. The maximum atomic E-state index is 15.7. The third-order valence-electron chi connectivity index (χ3n) is 6.93. The highest BCUT2D eigenvalue weighted by Crippen LogP contribution is 2.46. The van der Waals surface area contributed by atoms with Gasteiger partial charge in [-0.2, -0.15) is 8.78 Å². The SMILES string of the molecule is CC(C)(C)C(=O)OC(O)(OP=O)C(F)(F)c1ccc(Cn2c(-c3ccc(S(C)(=O)=O)cc3)cn(Cc3ccccc3)c2=O)cc1Br. The molecule has 244 valence electrons. The van der Waals surface area contributed by atoms with Gasteiger partial charge in [-0.1, -0.05) is 70.5 Å². The molecule has 0 fully saturated rings. The average molecular weight is 740 g/mol. The van der Waals surface area contributed by atoms with Crippen molar-refractivity contribution in [2.24, 2.45) is 5.41 Å². The molecule has 0 spiro atoms. The monoisotopic (exact) mass is 738 g/mol. The smallest absolute Gasteiger partial charge is 0.402 e. The lowest BCUT2D eigenvalue weighted by Gasteiger charge is -2.34. The fraction of sp³-hybridized carbons (Fsp3) is 0.290. The molecule has 0 bridgehead atoms. The Balaban J connectivity index is 1.75. The molecule has 4 aromatic rings. The van der Waals surface area contributed by atoms with Crippen molar-refractivity contribution in [3.8, 4) is 11.3 Å². The summed E-state index contributed by atoms with van der Waals surface area (Å²) in [7, 11) is -4.83. The summed E-state index contributed by atoms with van der Waals surface area (Å²) in [5, 5.41) is 10.6. The van der Waals surface area contributed by atoms with Gasteiger partial charge in [0, 0.05) is 22.5 Å². The van der Waals surface area contributed by atoms with Crippen LogP contribution in [0.4, 0.5) is 8.78 Å². The zero-order valence-electron chi connectivity index (χ0n) is 25.1. The Bertz CT molecular complexity index is 1920. The number of aromatic nitrogens is 2. The van der Waals surface area contributed by atoms with Crippen LogP contribution in [-0.2, 0) is 47.5 Å². The number of ether oxygens (including phenoxy) is 1. The summed E-state index contributed by atoms with van der Waals surface area (Å²) in [5.74, 6) is -9.56. The van der Waals surface area contributed by atoms with Gasteiger partial charge in [-0.3, -0.25) is 13.9 Å². The van der Waals surface area contributed by atoms with Crippen LogP contribution in [0.5, 0.6) is 0 Å². The summed E-state index contributed by atoms with van der Waals surface area (Å²) >= 11 is 3.09. The van der Waals surface area contributed by atoms with E-state index in [0.29, 0.717) is 16.8 Å². The van der Waals surface area contributed by atoms with Crippen LogP contribution in [-0.4, -0.2) is 40.9 Å². The molecule has 4 rings (SSSR count). The van der Waals surface area contributed by atoms with Gasteiger partial charge in [0.1, 0.15) is 0 Å². The first-order chi connectivity index (χ1) is 21.4. The van der Waals surface area contributed by atoms with Crippen molar-refractivity contribution < 1.29 is 40.9 Å². The topological polar surface area (TPSA) is 134 Å². The summed E-state index contributed by atoms with van der Waals surface area (Å²) in [6, 6.07) is 18.8. The van der Waals surface area contributed by atoms with E-state index in [1.54, 1.807) is 18.3 Å². The molecular formula is C31H30BrF2N2O8PS. The van der Waals surface area contributed by atoms with Crippen LogP contribution in [0.1, 0.15) is 37.5 Å². The van der Waals surface area contributed by atoms with Gasteiger partial charge in [-0.05, 0) is 55.7 Å². The number of hydrogen-bond donors (Lipinski definition) is 1. The number of aliphatic hydroxyl groups is 1. The predicted molar refractivity (Wildman–Crippen MR) is 169 cm³/mol. The van der Waals surface area contributed by atoms with Crippen LogP contribution in [0, 0.1) is 5.41 Å². The average Bonchev–Trinajstić information content (AvgIpc) is 3.26. The largest absolute Gasteiger partial charge is 0.409 e. The fourth-order valence-electron chi connectivity index (χ4n) is 4.41. The minimum Gasteiger partial charge on any atom is -0.402 e. The van der Waals surface area contributed by atoms with E-state index in [9.17, 15) is 27.7 Å². The van der Waals surface area contributed by atoms with Crippen LogP contribution in [0.25, 0.3) is 11.3 Å². The molecule has 0 aliphatic heterocycles. The van der Waals surface area contributed by atoms with E-state index in [-0.39, 0.29) is 22.5 Å². The van der Waals surface area contributed by atoms with Gasteiger partial charge in [0.05, 0.1) is 29.1 Å². The number of alkyl halides is 2. The number of nitrogens with zero attached hydrogens (tertiary/aromatic N) is 2. The highest BCUT2D eigenvalue weighted by Gasteiger charge is 2.62. The van der Waals surface area contributed by atoms with E-state index in [4.69, 9.17) is 0 Å². The first-order valence-corrected chi connectivity index (χ1v) is 17.1. The minimum absolute atomic E-state index is 0.0901. The fourth-order valence-corrected chi connectivity index (χ4v) is 5.97. The first-order valence-electron chi connectivity index (χ1n) is 13.6. The Morgan fingerprint density at radius 1 is 0.978 bits per heavy atom. The number of sulfone groups is 1. The molecule has 1 aromatic heterocycles. The molecule has 0 saturated heterocycles. The molecule has 1 heterocycles. The van der Waals surface area contributed by atoms with E-state index in [2.05, 4.69) is 25.2 Å². The van der Waals surface area contributed by atoms with Crippen LogP contribution in [0.2, 0.25) is 0 Å². The van der Waals surface area contributed by atoms with Crippen LogP contribution in [0.15, 0.2) is 93.2 Å². The quantitative estimate of drug-likeness (QED) is 0.110. The molecule has 0 aliphatic rings. The van der Waals surface area contributed by atoms with E-state index >= 15 is 8.78 Å². The third-order valence-corrected chi connectivity index (χ3v) is 9.04. The Kier molecular flexibility index (Phi) is 10.2. The summed E-state index contributed by atoms with van der Waals surface area (Å²) in [5.41, 5.74) is -0.345. The summed E-state index contributed by atoms with van der Waals surface area (Å²) < 4.78 is 78.2. The third kappa shape index (κ3) is 7.53. The van der Waals surface area contributed by atoms with Crippen molar-refractivity contribution in [1.29, 1.82) is 0 Å². The maximum absolute atomic E-state index is 15.7. The summed E-state index contributed by atoms with van der Waals surface area (Å²) in [4.78, 5) is 26.1. The number of halogens is 3. The molecule has 0 amide bonds. The first kappa shape index (κ1) is 35.3. The molecule has 0 aliphatic carbocycles. The van der Waals surface area contributed by atoms with E-state index in [1.165, 1.54) is 54.2 Å². The van der Waals surface area contributed by atoms with Gasteiger partial charge in [-0.15, -0.1) is 0 Å². The Hall–Kier alpha value is -3.55.